The summed E-state index contributed by atoms with van der Waals surface area (Å²) < 4.78 is 14.9. The quantitative estimate of drug-likeness (QED) is 0.826. The molecule has 5 heteroatoms. The fourth-order valence-corrected chi connectivity index (χ4v) is 3.66. The zero-order valence-electron chi connectivity index (χ0n) is 8.79. The highest BCUT2D eigenvalue weighted by Gasteiger charge is 2.14. The van der Waals surface area contributed by atoms with Gasteiger partial charge in [0.2, 0.25) is 0 Å². The first kappa shape index (κ1) is 13.2. The first-order valence-electron chi connectivity index (χ1n) is 5.00. The summed E-state index contributed by atoms with van der Waals surface area (Å²) in [5.41, 5.74) is 6.90. The monoisotopic (exact) mass is 377 g/mol. The Bertz CT molecular complexity index is 527. The van der Waals surface area contributed by atoms with Crippen LogP contribution in [-0.4, -0.2) is 0 Å². The maximum Gasteiger partial charge on any atom is 0.137 e. The Balaban J connectivity index is 2.20. The minimum atomic E-state index is -0.273. The second kappa shape index (κ2) is 5.61. The van der Waals surface area contributed by atoms with Crippen molar-refractivity contribution in [3.8, 4) is 0 Å². The Labute approximate surface area is 120 Å². The number of thiophene rings is 1. The highest BCUT2D eigenvalue weighted by molar-refractivity contribution is 9.10. The van der Waals surface area contributed by atoms with Crippen molar-refractivity contribution in [2.45, 2.75) is 12.5 Å². The number of hydrogen-bond donors (Lipinski definition) is 1. The van der Waals surface area contributed by atoms with Gasteiger partial charge in [0.1, 0.15) is 5.82 Å². The van der Waals surface area contributed by atoms with E-state index in [9.17, 15) is 4.39 Å². The predicted molar refractivity (Wildman–Crippen MR) is 76.8 cm³/mol. The van der Waals surface area contributed by atoms with E-state index in [0.29, 0.717) is 10.9 Å². The molecule has 0 saturated heterocycles. The van der Waals surface area contributed by atoms with Crippen LogP contribution in [0.4, 0.5) is 4.39 Å². The standard InChI is InChI=1S/C12H10Br2FNS/c13-7-4-8(17-6-7)5-11(16)9-2-1-3-10(15)12(9)14/h1-4,6,11H,5,16H2. The minimum absolute atomic E-state index is 0.203. The molecule has 1 nitrogen and oxygen atoms in total. The van der Waals surface area contributed by atoms with Crippen LogP contribution in [0.5, 0.6) is 0 Å². The summed E-state index contributed by atoms with van der Waals surface area (Å²) in [6, 6.07) is 6.78. The zero-order valence-corrected chi connectivity index (χ0v) is 12.8. The van der Waals surface area contributed by atoms with Crippen molar-refractivity contribution < 1.29 is 4.39 Å². The van der Waals surface area contributed by atoms with Crippen LogP contribution in [0.3, 0.4) is 0 Å². The lowest BCUT2D eigenvalue weighted by atomic mass is 10.0. The zero-order chi connectivity index (χ0) is 12.4. The Morgan fingerprint density at radius 2 is 2.12 bits per heavy atom. The second-order valence-corrected chi connectivity index (χ2v) is 6.39. The van der Waals surface area contributed by atoms with E-state index in [4.69, 9.17) is 5.73 Å². The number of hydrogen-bond acceptors (Lipinski definition) is 2. The van der Waals surface area contributed by atoms with Crippen LogP contribution in [0.2, 0.25) is 0 Å². The summed E-state index contributed by atoms with van der Waals surface area (Å²) in [4.78, 5) is 1.18. The summed E-state index contributed by atoms with van der Waals surface area (Å²) in [5.74, 6) is -0.273. The van der Waals surface area contributed by atoms with E-state index in [0.717, 1.165) is 10.0 Å². The molecule has 0 aliphatic heterocycles. The molecule has 90 valence electrons. The van der Waals surface area contributed by atoms with E-state index in [1.54, 1.807) is 17.4 Å². The van der Waals surface area contributed by atoms with E-state index in [1.165, 1.54) is 10.9 Å². The van der Waals surface area contributed by atoms with Gasteiger partial charge in [-0.2, -0.15) is 0 Å². The molecule has 0 aliphatic carbocycles. The molecule has 2 rings (SSSR count). The van der Waals surface area contributed by atoms with Crippen molar-refractivity contribution in [3.05, 3.63) is 54.8 Å². The van der Waals surface area contributed by atoms with Gasteiger partial charge in [0.15, 0.2) is 0 Å². The summed E-state index contributed by atoms with van der Waals surface area (Å²) in [5, 5.41) is 2.02. The van der Waals surface area contributed by atoms with Crippen LogP contribution in [0.25, 0.3) is 0 Å². The molecule has 2 aromatic rings. The van der Waals surface area contributed by atoms with Crippen molar-refractivity contribution in [2.75, 3.05) is 0 Å². The first-order chi connectivity index (χ1) is 8.08. The largest absolute Gasteiger partial charge is 0.324 e. The SMILES string of the molecule is NC(Cc1cc(Br)cs1)c1cccc(F)c1Br. The first-order valence-corrected chi connectivity index (χ1v) is 7.47. The van der Waals surface area contributed by atoms with Gasteiger partial charge in [-0.3, -0.25) is 0 Å². The summed E-state index contributed by atoms with van der Waals surface area (Å²) >= 11 is 8.29. The van der Waals surface area contributed by atoms with Crippen LogP contribution < -0.4 is 5.73 Å². The molecular formula is C12H10Br2FNS. The summed E-state index contributed by atoms with van der Waals surface area (Å²) in [7, 11) is 0. The van der Waals surface area contributed by atoms with E-state index >= 15 is 0 Å². The predicted octanol–water partition coefficient (Wildman–Crippen LogP) is 4.65. The molecule has 1 aromatic carbocycles. The molecule has 0 spiro atoms. The van der Waals surface area contributed by atoms with Crippen molar-refractivity contribution in [1.29, 1.82) is 0 Å². The molecule has 17 heavy (non-hydrogen) atoms. The van der Waals surface area contributed by atoms with Crippen LogP contribution in [0.15, 0.2) is 38.6 Å². The third-order valence-electron chi connectivity index (χ3n) is 2.42. The average Bonchev–Trinajstić information content (AvgIpc) is 2.68. The van der Waals surface area contributed by atoms with Gasteiger partial charge in [0.25, 0.3) is 0 Å². The van der Waals surface area contributed by atoms with Gasteiger partial charge >= 0.3 is 0 Å². The van der Waals surface area contributed by atoms with Gasteiger partial charge in [-0.05, 0) is 49.6 Å². The minimum Gasteiger partial charge on any atom is -0.324 e. The van der Waals surface area contributed by atoms with Gasteiger partial charge < -0.3 is 5.73 Å². The van der Waals surface area contributed by atoms with Crippen molar-refractivity contribution >= 4 is 43.2 Å². The molecule has 0 fully saturated rings. The van der Waals surface area contributed by atoms with Gasteiger partial charge in [-0.25, -0.2) is 4.39 Å². The molecule has 0 aliphatic rings. The molecule has 0 saturated carbocycles. The summed E-state index contributed by atoms with van der Waals surface area (Å²) in [6.45, 7) is 0. The maximum atomic E-state index is 13.4. The van der Waals surface area contributed by atoms with Gasteiger partial charge in [0.05, 0.1) is 4.47 Å². The lowest BCUT2D eigenvalue weighted by Gasteiger charge is -2.13. The normalized spacial score (nSPS) is 12.7. The van der Waals surface area contributed by atoms with Crippen LogP contribution in [0.1, 0.15) is 16.5 Å². The van der Waals surface area contributed by atoms with Crippen LogP contribution in [0, 0.1) is 5.82 Å². The second-order valence-electron chi connectivity index (χ2n) is 3.68. The van der Waals surface area contributed by atoms with E-state index in [1.807, 2.05) is 17.5 Å². The Morgan fingerprint density at radius 1 is 1.35 bits per heavy atom. The average molecular weight is 379 g/mol. The topological polar surface area (TPSA) is 26.0 Å². The highest BCUT2D eigenvalue weighted by atomic mass is 79.9. The molecule has 1 aromatic heterocycles. The Hall–Kier alpha value is -0.230. The highest BCUT2D eigenvalue weighted by Crippen LogP contribution is 2.29. The van der Waals surface area contributed by atoms with E-state index < -0.39 is 0 Å². The fraction of sp³-hybridized carbons (Fsp3) is 0.167. The Morgan fingerprint density at radius 3 is 2.76 bits per heavy atom. The number of rotatable bonds is 3. The molecule has 1 atom stereocenters. The summed E-state index contributed by atoms with van der Waals surface area (Å²) in [6.07, 6.45) is 0.707. The third-order valence-corrected chi connectivity index (χ3v) is 4.98. The van der Waals surface area contributed by atoms with Gasteiger partial charge in [0, 0.05) is 27.2 Å². The van der Waals surface area contributed by atoms with Crippen molar-refractivity contribution in [3.63, 3.8) is 0 Å². The molecular weight excluding hydrogens is 369 g/mol. The lowest BCUT2D eigenvalue weighted by molar-refractivity contribution is 0.610. The number of benzene rings is 1. The maximum absolute atomic E-state index is 13.4. The van der Waals surface area contributed by atoms with Gasteiger partial charge in [-0.1, -0.05) is 12.1 Å². The third kappa shape index (κ3) is 3.16. The van der Waals surface area contributed by atoms with Crippen LogP contribution in [-0.2, 0) is 6.42 Å². The van der Waals surface area contributed by atoms with Crippen molar-refractivity contribution in [1.82, 2.24) is 0 Å². The van der Waals surface area contributed by atoms with E-state index in [-0.39, 0.29) is 11.9 Å². The van der Waals surface area contributed by atoms with Crippen molar-refractivity contribution in [2.24, 2.45) is 5.73 Å². The molecule has 1 heterocycles. The smallest absolute Gasteiger partial charge is 0.137 e. The lowest BCUT2D eigenvalue weighted by Crippen LogP contribution is -2.13. The van der Waals surface area contributed by atoms with E-state index in [2.05, 4.69) is 31.9 Å². The fourth-order valence-electron chi connectivity index (χ4n) is 1.59. The number of halogens is 3. The van der Waals surface area contributed by atoms with Gasteiger partial charge in [-0.15, -0.1) is 11.3 Å². The molecule has 2 N–H and O–H groups in total. The Kier molecular flexibility index (Phi) is 4.36. The molecule has 0 radical (unpaired) electrons. The number of nitrogens with two attached hydrogens (primary N) is 1. The molecule has 0 amide bonds. The molecule has 1 unspecified atom stereocenters. The van der Waals surface area contributed by atoms with Crippen LogP contribution >= 0.6 is 43.2 Å². The molecule has 0 bridgehead atoms.